The molecule has 0 rings (SSSR count). The zero-order valence-electron chi connectivity index (χ0n) is 10.3. The molecule has 0 saturated heterocycles. The van der Waals surface area contributed by atoms with Gasteiger partial charge in [0.25, 0.3) is 0 Å². The highest BCUT2D eigenvalue weighted by Crippen LogP contribution is 2.10. The maximum atomic E-state index is 4.15. The Morgan fingerprint density at radius 3 is 2.00 bits per heavy atom. The SMILES string of the molecule is C=C(CC=C(C)C)N(CCC)CCC. The van der Waals surface area contributed by atoms with Crippen LogP contribution in [0, 0.1) is 0 Å². The Balaban J connectivity index is 4.07. The average Bonchev–Trinajstić information content (AvgIpc) is 2.14. The van der Waals surface area contributed by atoms with Crippen LogP contribution in [0.5, 0.6) is 0 Å². The van der Waals surface area contributed by atoms with Crippen LogP contribution < -0.4 is 0 Å². The Kier molecular flexibility index (Phi) is 7.27. The summed E-state index contributed by atoms with van der Waals surface area (Å²) in [6.45, 7) is 15.1. The van der Waals surface area contributed by atoms with E-state index in [4.69, 9.17) is 0 Å². The van der Waals surface area contributed by atoms with E-state index in [0.29, 0.717) is 0 Å². The van der Waals surface area contributed by atoms with E-state index in [9.17, 15) is 0 Å². The van der Waals surface area contributed by atoms with Gasteiger partial charge in [-0.1, -0.05) is 32.1 Å². The van der Waals surface area contributed by atoms with Crippen molar-refractivity contribution in [1.29, 1.82) is 0 Å². The zero-order valence-corrected chi connectivity index (χ0v) is 10.3. The second-order valence-electron chi connectivity index (χ2n) is 4.04. The lowest BCUT2D eigenvalue weighted by molar-refractivity contribution is 0.340. The average molecular weight is 195 g/mol. The fourth-order valence-corrected chi connectivity index (χ4v) is 1.42. The van der Waals surface area contributed by atoms with Crippen LogP contribution >= 0.6 is 0 Å². The second kappa shape index (κ2) is 7.66. The van der Waals surface area contributed by atoms with Crippen molar-refractivity contribution in [3.8, 4) is 0 Å². The summed E-state index contributed by atoms with van der Waals surface area (Å²) < 4.78 is 0. The summed E-state index contributed by atoms with van der Waals surface area (Å²) in [6.07, 6.45) is 5.66. The molecule has 0 heterocycles. The molecule has 14 heavy (non-hydrogen) atoms. The summed E-state index contributed by atoms with van der Waals surface area (Å²) in [7, 11) is 0. The van der Waals surface area contributed by atoms with Crippen molar-refractivity contribution in [2.45, 2.75) is 47.0 Å². The van der Waals surface area contributed by atoms with Crippen LogP contribution in [0.15, 0.2) is 23.9 Å². The fraction of sp³-hybridized carbons (Fsp3) is 0.692. The highest BCUT2D eigenvalue weighted by atomic mass is 15.1. The quantitative estimate of drug-likeness (QED) is 0.555. The van der Waals surface area contributed by atoms with Gasteiger partial charge in [0.15, 0.2) is 0 Å². The van der Waals surface area contributed by atoms with Gasteiger partial charge in [0.05, 0.1) is 0 Å². The molecule has 0 N–H and O–H groups in total. The van der Waals surface area contributed by atoms with Gasteiger partial charge in [-0.05, 0) is 26.7 Å². The van der Waals surface area contributed by atoms with Gasteiger partial charge in [-0.15, -0.1) is 0 Å². The van der Waals surface area contributed by atoms with Gasteiger partial charge in [-0.25, -0.2) is 0 Å². The van der Waals surface area contributed by atoms with Crippen molar-refractivity contribution in [2.24, 2.45) is 0 Å². The van der Waals surface area contributed by atoms with Gasteiger partial charge >= 0.3 is 0 Å². The van der Waals surface area contributed by atoms with Crippen LogP contribution in [0.25, 0.3) is 0 Å². The van der Waals surface area contributed by atoms with Crippen molar-refractivity contribution in [2.75, 3.05) is 13.1 Å². The molecule has 82 valence electrons. The van der Waals surface area contributed by atoms with E-state index in [0.717, 1.165) is 19.5 Å². The normalized spacial score (nSPS) is 9.71. The van der Waals surface area contributed by atoms with Crippen LogP contribution in [0.2, 0.25) is 0 Å². The van der Waals surface area contributed by atoms with Crippen molar-refractivity contribution in [3.63, 3.8) is 0 Å². The van der Waals surface area contributed by atoms with E-state index in [1.54, 1.807) is 0 Å². The minimum absolute atomic E-state index is 1.00. The van der Waals surface area contributed by atoms with Gasteiger partial charge in [0.1, 0.15) is 0 Å². The minimum Gasteiger partial charge on any atom is -0.375 e. The summed E-state index contributed by atoms with van der Waals surface area (Å²) in [5.41, 5.74) is 2.63. The lowest BCUT2D eigenvalue weighted by Crippen LogP contribution is -2.24. The molecule has 0 aliphatic heterocycles. The molecule has 0 aromatic carbocycles. The largest absolute Gasteiger partial charge is 0.375 e. The lowest BCUT2D eigenvalue weighted by atomic mass is 10.2. The second-order valence-corrected chi connectivity index (χ2v) is 4.04. The van der Waals surface area contributed by atoms with Gasteiger partial charge in [0.2, 0.25) is 0 Å². The standard InChI is InChI=1S/C13H25N/c1-6-10-14(11-7-2)13(5)9-8-12(3)4/h8H,5-7,9-11H2,1-4H3. The van der Waals surface area contributed by atoms with Crippen molar-refractivity contribution >= 4 is 0 Å². The summed E-state index contributed by atoms with van der Waals surface area (Å²) >= 11 is 0. The molecule has 1 nitrogen and oxygen atoms in total. The minimum atomic E-state index is 1.00. The molecular formula is C13H25N. The number of hydrogen-bond acceptors (Lipinski definition) is 1. The van der Waals surface area contributed by atoms with E-state index in [-0.39, 0.29) is 0 Å². The number of rotatable bonds is 7. The van der Waals surface area contributed by atoms with Crippen LogP contribution in [-0.2, 0) is 0 Å². The number of nitrogens with zero attached hydrogens (tertiary/aromatic N) is 1. The Morgan fingerprint density at radius 1 is 1.14 bits per heavy atom. The van der Waals surface area contributed by atoms with E-state index in [1.165, 1.54) is 24.1 Å². The molecule has 0 unspecified atom stereocenters. The van der Waals surface area contributed by atoms with Crippen molar-refractivity contribution in [1.82, 2.24) is 4.90 Å². The number of allylic oxidation sites excluding steroid dienone is 2. The topological polar surface area (TPSA) is 3.24 Å². The summed E-state index contributed by atoms with van der Waals surface area (Å²) in [5, 5.41) is 0. The lowest BCUT2D eigenvalue weighted by Gasteiger charge is -2.25. The third kappa shape index (κ3) is 5.85. The molecule has 0 fully saturated rings. The Hall–Kier alpha value is -0.720. The van der Waals surface area contributed by atoms with E-state index in [2.05, 4.69) is 45.2 Å². The van der Waals surface area contributed by atoms with Crippen molar-refractivity contribution < 1.29 is 0 Å². The predicted octanol–water partition coefficient (Wildman–Crippen LogP) is 3.98. The van der Waals surface area contributed by atoms with Gasteiger partial charge in [0, 0.05) is 25.2 Å². The Labute approximate surface area is 89.5 Å². The van der Waals surface area contributed by atoms with Crippen LogP contribution in [0.3, 0.4) is 0 Å². The maximum absolute atomic E-state index is 4.15. The zero-order chi connectivity index (χ0) is 11.0. The molecule has 0 aromatic heterocycles. The third-order valence-corrected chi connectivity index (χ3v) is 2.18. The first-order valence-electron chi connectivity index (χ1n) is 5.67. The molecule has 0 atom stereocenters. The van der Waals surface area contributed by atoms with Gasteiger partial charge in [-0.3, -0.25) is 0 Å². The highest BCUT2D eigenvalue weighted by Gasteiger charge is 2.03. The molecule has 0 aromatic rings. The molecular weight excluding hydrogens is 170 g/mol. The molecule has 0 aliphatic rings. The fourth-order valence-electron chi connectivity index (χ4n) is 1.42. The van der Waals surface area contributed by atoms with E-state index < -0.39 is 0 Å². The van der Waals surface area contributed by atoms with Gasteiger partial charge in [-0.2, -0.15) is 0 Å². The smallest absolute Gasteiger partial charge is 0.0172 e. The monoisotopic (exact) mass is 195 g/mol. The summed E-state index contributed by atoms with van der Waals surface area (Å²) in [4.78, 5) is 2.40. The third-order valence-electron chi connectivity index (χ3n) is 2.18. The van der Waals surface area contributed by atoms with E-state index in [1.807, 2.05) is 0 Å². The highest BCUT2D eigenvalue weighted by molar-refractivity contribution is 5.05. The first-order chi connectivity index (χ1) is 6.61. The molecule has 0 radical (unpaired) electrons. The van der Waals surface area contributed by atoms with Crippen LogP contribution in [-0.4, -0.2) is 18.0 Å². The molecule has 1 heteroatoms. The van der Waals surface area contributed by atoms with E-state index >= 15 is 0 Å². The Morgan fingerprint density at radius 2 is 1.64 bits per heavy atom. The molecule has 0 saturated carbocycles. The molecule has 0 aliphatic carbocycles. The molecule has 0 bridgehead atoms. The maximum Gasteiger partial charge on any atom is 0.0172 e. The predicted molar refractivity (Wildman–Crippen MR) is 65.3 cm³/mol. The first-order valence-corrected chi connectivity index (χ1v) is 5.67. The summed E-state index contributed by atoms with van der Waals surface area (Å²) in [6, 6.07) is 0. The van der Waals surface area contributed by atoms with Crippen molar-refractivity contribution in [3.05, 3.63) is 23.9 Å². The first kappa shape index (κ1) is 13.3. The Bertz CT molecular complexity index is 181. The molecule has 0 spiro atoms. The summed E-state index contributed by atoms with van der Waals surface area (Å²) in [5.74, 6) is 0. The van der Waals surface area contributed by atoms with Crippen LogP contribution in [0.1, 0.15) is 47.0 Å². The molecule has 0 amide bonds. The van der Waals surface area contributed by atoms with Crippen LogP contribution in [0.4, 0.5) is 0 Å². The van der Waals surface area contributed by atoms with Gasteiger partial charge < -0.3 is 4.90 Å². The number of hydrogen-bond donors (Lipinski definition) is 0.